The van der Waals surface area contributed by atoms with Crippen LogP contribution in [0.2, 0.25) is 0 Å². The van der Waals surface area contributed by atoms with Crippen molar-refractivity contribution < 1.29 is 13.6 Å². The van der Waals surface area contributed by atoms with E-state index in [0.29, 0.717) is 19.1 Å². The Morgan fingerprint density at radius 1 is 1.23 bits per heavy atom. The Bertz CT molecular complexity index is 548. The second-order valence-corrected chi connectivity index (χ2v) is 5.73. The fourth-order valence-corrected chi connectivity index (χ4v) is 3.06. The van der Waals surface area contributed by atoms with Crippen molar-refractivity contribution in [1.29, 1.82) is 0 Å². The molecule has 5 nitrogen and oxygen atoms in total. The summed E-state index contributed by atoms with van der Waals surface area (Å²) in [4.78, 5) is 16.3. The Morgan fingerprint density at radius 2 is 2.00 bits per heavy atom. The number of carbonyl (C=O) groups excluding carboxylic acids is 1. The number of halogens is 2. The van der Waals surface area contributed by atoms with E-state index < -0.39 is 11.6 Å². The van der Waals surface area contributed by atoms with Crippen molar-refractivity contribution in [3.8, 4) is 0 Å². The lowest BCUT2D eigenvalue weighted by Crippen LogP contribution is -2.49. The molecule has 1 atom stereocenters. The lowest BCUT2D eigenvalue weighted by Gasteiger charge is -2.32. The molecular formula is C15H20F2N4O. The molecule has 7 heteroatoms. The summed E-state index contributed by atoms with van der Waals surface area (Å²) >= 11 is 0. The second kappa shape index (κ2) is 6.58. The Labute approximate surface area is 128 Å². The zero-order valence-corrected chi connectivity index (χ0v) is 12.3. The summed E-state index contributed by atoms with van der Waals surface area (Å²) in [5.41, 5.74) is 0.0111. The van der Waals surface area contributed by atoms with Gasteiger partial charge in [0, 0.05) is 51.4 Å². The number of piperazine rings is 1. The fourth-order valence-electron chi connectivity index (χ4n) is 3.06. The van der Waals surface area contributed by atoms with E-state index in [4.69, 9.17) is 0 Å². The van der Waals surface area contributed by atoms with Crippen LogP contribution in [-0.2, 0) is 0 Å². The SMILES string of the molecule is O=C(Nc1ccc(F)cc1F)N1CCC(N2CCNCC2)C1. The van der Waals surface area contributed by atoms with Gasteiger partial charge < -0.3 is 15.5 Å². The van der Waals surface area contributed by atoms with E-state index in [0.717, 1.165) is 44.7 Å². The molecule has 0 bridgehead atoms. The summed E-state index contributed by atoms with van der Waals surface area (Å²) in [5.74, 6) is -1.42. The summed E-state index contributed by atoms with van der Waals surface area (Å²) in [7, 11) is 0. The number of amides is 2. The van der Waals surface area contributed by atoms with E-state index in [9.17, 15) is 13.6 Å². The van der Waals surface area contributed by atoms with E-state index in [1.54, 1.807) is 4.90 Å². The van der Waals surface area contributed by atoms with Crippen molar-refractivity contribution in [2.24, 2.45) is 0 Å². The van der Waals surface area contributed by atoms with Crippen molar-refractivity contribution >= 4 is 11.7 Å². The number of benzene rings is 1. The van der Waals surface area contributed by atoms with E-state index in [2.05, 4.69) is 15.5 Å². The normalized spacial score (nSPS) is 22.8. The predicted molar refractivity (Wildman–Crippen MR) is 79.8 cm³/mol. The smallest absolute Gasteiger partial charge is 0.321 e. The average molecular weight is 310 g/mol. The molecule has 2 fully saturated rings. The fraction of sp³-hybridized carbons (Fsp3) is 0.533. The standard InChI is InChI=1S/C15H20F2N4O/c16-11-1-2-14(13(17)9-11)19-15(22)21-6-3-12(10-21)20-7-4-18-5-8-20/h1-2,9,12,18H,3-8,10H2,(H,19,22). The van der Waals surface area contributed by atoms with Gasteiger partial charge in [0.05, 0.1) is 5.69 Å². The number of nitrogens with zero attached hydrogens (tertiary/aromatic N) is 2. The van der Waals surface area contributed by atoms with Crippen LogP contribution in [0, 0.1) is 11.6 Å². The van der Waals surface area contributed by atoms with E-state index >= 15 is 0 Å². The molecule has 2 aliphatic rings. The van der Waals surface area contributed by atoms with Crippen LogP contribution in [0.25, 0.3) is 0 Å². The molecule has 3 rings (SSSR count). The largest absolute Gasteiger partial charge is 0.323 e. The molecule has 2 heterocycles. The molecule has 0 radical (unpaired) electrons. The molecule has 1 aromatic rings. The first-order valence-electron chi connectivity index (χ1n) is 7.59. The molecule has 120 valence electrons. The molecule has 2 amide bonds. The highest BCUT2D eigenvalue weighted by molar-refractivity contribution is 5.89. The van der Waals surface area contributed by atoms with Crippen LogP contribution in [-0.4, -0.2) is 61.1 Å². The van der Waals surface area contributed by atoms with Crippen molar-refractivity contribution in [2.45, 2.75) is 12.5 Å². The van der Waals surface area contributed by atoms with Crippen LogP contribution >= 0.6 is 0 Å². The minimum Gasteiger partial charge on any atom is -0.323 e. The molecule has 1 unspecified atom stereocenters. The monoisotopic (exact) mass is 310 g/mol. The molecule has 2 N–H and O–H groups in total. The van der Waals surface area contributed by atoms with Crippen molar-refractivity contribution in [1.82, 2.24) is 15.1 Å². The van der Waals surface area contributed by atoms with Gasteiger partial charge in [-0.05, 0) is 18.6 Å². The molecule has 2 saturated heterocycles. The summed E-state index contributed by atoms with van der Waals surface area (Å²) < 4.78 is 26.4. The van der Waals surface area contributed by atoms with Crippen LogP contribution in [0.3, 0.4) is 0 Å². The zero-order chi connectivity index (χ0) is 15.5. The van der Waals surface area contributed by atoms with Crippen molar-refractivity contribution in [2.75, 3.05) is 44.6 Å². The van der Waals surface area contributed by atoms with Gasteiger partial charge >= 0.3 is 6.03 Å². The molecule has 0 spiro atoms. The maximum absolute atomic E-state index is 13.6. The van der Waals surface area contributed by atoms with Crippen molar-refractivity contribution in [3.05, 3.63) is 29.8 Å². The third-order valence-corrected chi connectivity index (χ3v) is 4.29. The quantitative estimate of drug-likeness (QED) is 0.870. The Kier molecular flexibility index (Phi) is 4.54. The van der Waals surface area contributed by atoms with Gasteiger partial charge in [0.2, 0.25) is 0 Å². The van der Waals surface area contributed by atoms with E-state index in [1.165, 1.54) is 6.07 Å². The number of urea groups is 1. The first-order chi connectivity index (χ1) is 10.6. The number of likely N-dealkylation sites (tertiary alicyclic amines) is 1. The maximum atomic E-state index is 13.6. The zero-order valence-electron chi connectivity index (χ0n) is 12.3. The minimum atomic E-state index is -0.758. The number of rotatable bonds is 2. The summed E-state index contributed by atoms with van der Waals surface area (Å²) in [6.45, 7) is 5.24. The molecule has 0 aliphatic carbocycles. The number of carbonyl (C=O) groups is 1. The van der Waals surface area contributed by atoms with Crippen LogP contribution in [0.4, 0.5) is 19.3 Å². The average Bonchev–Trinajstić information content (AvgIpc) is 3.01. The predicted octanol–water partition coefficient (Wildman–Crippen LogP) is 1.48. The van der Waals surface area contributed by atoms with Gasteiger partial charge in [-0.3, -0.25) is 4.90 Å². The highest BCUT2D eigenvalue weighted by atomic mass is 19.1. The summed E-state index contributed by atoms with van der Waals surface area (Å²) in [6, 6.07) is 3.18. The Balaban J connectivity index is 1.57. The lowest BCUT2D eigenvalue weighted by molar-refractivity contribution is 0.172. The topological polar surface area (TPSA) is 47.6 Å². The second-order valence-electron chi connectivity index (χ2n) is 5.73. The molecule has 0 aromatic heterocycles. The van der Waals surface area contributed by atoms with Crippen LogP contribution < -0.4 is 10.6 Å². The molecular weight excluding hydrogens is 290 g/mol. The molecule has 22 heavy (non-hydrogen) atoms. The van der Waals surface area contributed by atoms with Crippen LogP contribution in [0.1, 0.15) is 6.42 Å². The highest BCUT2D eigenvalue weighted by Crippen LogP contribution is 2.19. The van der Waals surface area contributed by atoms with Crippen LogP contribution in [0.15, 0.2) is 18.2 Å². The number of hydrogen-bond acceptors (Lipinski definition) is 3. The lowest BCUT2D eigenvalue weighted by atomic mass is 10.2. The third-order valence-electron chi connectivity index (χ3n) is 4.29. The van der Waals surface area contributed by atoms with Gasteiger partial charge in [0.1, 0.15) is 11.6 Å². The maximum Gasteiger partial charge on any atom is 0.321 e. The first kappa shape index (κ1) is 15.2. The number of hydrogen-bond donors (Lipinski definition) is 2. The van der Waals surface area contributed by atoms with Gasteiger partial charge in [-0.15, -0.1) is 0 Å². The van der Waals surface area contributed by atoms with Crippen LogP contribution in [0.5, 0.6) is 0 Å². The Morgan fingerprint density at radius 3 is 2.73 bits per heavy atom. The van der Waals surface area contributed by atoms with Crippen molar-refractivity contribution in [3.63, 3.8) is 0 Å². The summed E-state index contributed by atoms with van der Waals surface area (Å²) in [6.07, 6.45) is 0.930. The molecule has 2 aliphatic heterocycles. The van der Waals surface area contributed by atoms with Gasteiger partial charge in [-0.2, -0.15) is 0 Å². The number of nitrogens with one attached hydrogen (secondary N) is 2. The van der Waals surface area contributed by atoms with Gasteiger partial charge in [0.25, 0.3) is 0 Å². The van der Waals surface area contributed by atoms with E-state index in [1.807, 2.05) is 0 Å². The minimum absolute atomic E-state index is 0.0111. The van der Waals surface area contributed by atoms with E-state index in [-0.39, 0.29) is 11.7 Å². The first-order valence-corrected chi connectivity index (χ1v) is 7.59. The molecule has 0 saturated carbocycles. The van der Waals surface area contributed by atoms with Gasteiger partial charge in [-0.25, -0.2) is 13.6 Å². The Hall–Kier alpha value is -1.73. The molecule has 1 aromatic carbocycles. The third kappa shape index (κ3) is 3.36. The van der Waals surface area contributed by atoms with Gasteiger partial charge in [-0.1, -0.05) is 0 Å². The highest BCUT2D eigenvalue weighted by Gasteiger charge is 2.31. The number of anilines is 1. The summed E-state index contributed by atoms with van der Waals surface area (Å²) in [5, 5.41) is 5.83. The van der Waals surface area contributed by atoms with Gasteiger partial charge in [0.15, 0.2) is 0 Å².